The van der Waals surface area contributed by atoms with Crippen LogP contribution in [-0.2, 0) is 7.05 Å². The number of ketones is 1. The zero-order valence-electron chi connectivity index (χ0n) is 13.0. The topological polar surface area (TPSA) is 60.7 Å². The molecule has 4 aromatic rings. The van der Waals surface area contributed by atoms with Gasteiger partial charge in [0.15, 0.2) is 11.4 Å². The van der Waals surface area contributed by atoms with Crippen molar-refractivity contribution in [3.05, 3.63) is 60.2 Å². The summed E-state index contributed by atoms with van der Waals surface area (Å²) in [6.45, 7) is 0. The van der Waals surface area contributed by atoms with Gasteiger partial charge in [0, 0.05) is 18.0 Å². The first-order chi connectivity index (χ1) is 11.7. The van der Waals surface area contributed by atoms with E-state index >= 15 is 0 Å². The number of benzene rings is 2. The van der Waals surface area contributed by atoms with Crippen molar-refractivity contribution < 1.29 is 4.79 Å². The summed E-state index contributed by atoms with van der Waals surface area (Å²) < 4.78 is 2.00. The Bertz CT molecular complexity index is 1040. The number of aromatic nitrogens is 4. The molecule has 4 rings (SSSR count). The van der Waals surface area contributed by atoms with Crippen LogP contribution >= 0.6 is 11.8 Å². The molecule has 2 aromatic carbocycles. The average Bonchev–Trinajstić information content (AvgIpc) is 2.93. The van der Waals surface area contributed by atoms with Crippen LogP contribution in [0.1, 0.15) is 10.4 Å². The summed E-state index contributed by atoms with van der Waals surface area (Å²) in [6, 6.07) is 17.3. The van der Waals surface area contributed by atoms with Gasteiger partial charge in [-0.25, -0.2) is 4.98 Å². The molecular weight excluding hydrogens is 320 g/mol. The number of carbonyl (C=O) groups excluding carboxylic acids is 1. The zero-order valence-corrected chi connectivity index (χ0v) is 13.8. The maximum Gasteiger partial charge on any atom is 0.211 e. The van der Waals surface area contributed by atoms with Gasteiger partial charge in [-0.2, -0.15) is 0 Å². The molecule has 0 radical (unpaired) electrons. The molecule has 0 bridgehead atoms. The third kappa shape index (κ3) is 2.55. The first-order valence-electron chi connectivity index (χ1n) is 7.53. The third-order valence-electron chi connectivity index (χ3n) is 3.92. The molecule has 118 valence electrons. The Hall–Kier alpha value is -2.73. The lowest BCUT2D eigenvalue weighted by atomic mass is 10.2. The van der Waals surface area contributed by atoms with Crippen molar-refractivity contribution in [1.82, 2.24) is 19.7 Å². The van der Waals surface area contributed by atoms with Gasteiger partial charge in [-0.15, -0.1) is 10.2 Å². The first-order valence-corrected chi connectivity index (χ1v) is 8.51. The summed E-state index contributed by atoms with van der Waals surface area (Å²) in [4.78, 5) is 16.8. The summed E-state index contributed by atoms with van der Waals surface area (Å²) in [7, 11) is 1.96. The monoisotopic (exact) mass is 334 g/mol. The average molecular weight is 334 g/mol. The Balaban J connectivity index is 1.63. The van der Waals surface area contributed by atoms with Crippen molar-refractivity contribution in [1.29, 1.82) is 0 Å². The highest BCUT2D eigenvalue weighted by molar-refractivity contribution is 7.99. The Kier molecular flexibility index (Phi) is 3.74. The molecule has 0 unspecified atom stereocenters. The van der Waals surface area contributed by atoms with E-state index in [1.54, 1.807) is 0 Å². The van der Waals surface area contributed by atoms with Crippen LogP contribution in [-0.4, -0.2) is 31.3 Å². The molecule has 0 N–H and O–H groups in total. The molecule has 2 heterocycles. The molecule has 5 nitrogen and oxygen atoms in total. The Morgan fingerprint density at radius 2 is 1.79 bits per heavy atom. The zero-order chi connectivity index (χ0) is 16.5. The SMILES string of the molecule is Cn1c2ccccc2c2nnc(SCC(=O)c3ccccc3)nc21. The van der Waals surface area contributed by atoms with Gasteiger partial charge in [-0.05, 0) is 6.07 Å². The van der Waals surface area contributed by atoms with E-state index in [1.807, 2.05) is 66.2 Å². The van der Waals surface area contributed by atoms with E-state index in [4.69, 9.17) is 0 Å². The molecule has 0 aliphatic rings. The van der Waals surface area contributed by atoms with E-state index in [9.17, 15) is 4.79 Å². The molecular formula is C18H14N4OS. The minimum absolute atomic E-state index is 0.0568. The van der Waals surface area contributed by atoms with Gasteiger partial charge in [0.05, 0.1) is 11.3 Å². The second-order valence-corrected chi connectivity index (χ2v) is 6.36. The molecule has 0 aliphatic carbocycles. The molecule has 6 heteroatoms. The van der Waals surface area contributed by atoms with Gasteiger partial charge in [-0.1, -0.05) is 60.3 Å². The number of nitrogens with zero attached hydrogens (tertiary/aromatic N) is 4. The molecule has 0 spiro atoms. The van der Waals surface area contributed by atoms with Crippen LogP contribution in [0.2, 0.25) is 0 Å². The molecule has 0 saturated carbocycles. The lowest BCUT2D eigenvalue weighted by molar-refractivity contribution is 0.102. The van der Waals surface area contributed by atoms with Crippen LogP contribution in [0.4, 0.5) is 0 Å². The quantitative estimate of drug-likeness (QED) is 0.422. The highest BCUT2D eigenvalue weighted by Gasteiger charge is 2.13. The molecule has 0 atom stereocenters. The molecule has 24 heavy (non-hydrogen) atoms. The molecule has 0 amide bonds. The minimum Gasteiger partial charge on any atom is -0.327 e. The van der Waals surface area contributed by atoms with Crippen LogP contribution in [0, 0.1) is 0 Å². The third-order valence-corrected chi connectivity index (χ3v) is 4.75. The van der Waals surface area contributed by atoms with E-state index in [1.165, 1.54) is 11.8 Å². The lowest BCUT2D eigenvalue weighted by Gasteiger charge is -2.01. The van der Waals surface area contributed by atoms with E-state index in [2.05, 4.69) is 15.2 Å². The van der Waals surface area contributed by atoms with Crippen LogP contribution in [0.25, 0.3) is 22.1 Å². The van der Waals surface area contributed by atoms with Crippen LogP contribution < -0.4 is 0 Å². The van der Waals surface area contributed by atoms with Crippen molar-refractivity contribution >= 4 is 39.6 Å². The predicted octanol–water partition coefficient (Wildman–Crippen LogP) is 3.49. The minimum atomic E-state index is 0.0568. The number of Topliss-reactive ketones (excluding diaryl/α,β-unsaturated/α-hetero) is 1. The molecule has 0 fully saturated rings. The lowest BCUT2D eigenvalue weighted by Crippen LogP contribution is -2.03. The number of aryl methyl sites for hydroxylation is 1. The summed E-state index contributed by atoms with van der Waals surface area (Å²) in [5, 5.41) is 10.0. The fraction of sp³-hybridized carbons (Fsp3) is 0.111. The van der Waals surface area contributed by atoms with Crippen molar-refractivity contribution in [3.8, 4) is 0 Å². The predicted molar refractivity (Wildman–Crippen MR) is 95.3 cm³/mol. The summed E-state index contributed by atoms with van der Waals surface area (Å²) in [5.74, 6) is 0.350. The second kappa shape index (κ2) is 6.05. The Morgan fingerprint density at radius 3 is 2.62 bits per heavy atom. The number of hydrogen-bond donors (Lipinski definition) is 0. The van der Waals surface area contributed by atoms with Crippen molar-refractivity contribution in [3.63, 3.8) is 0 Å². The standard InChI is InChI=1S/C18H14N4OS/c1-22-14-10-6-5-9-13(14)16-17(22)19-18(21-20-16)24-11-15(23)12-7-3-2-4-8-12/h2-10H,11H2,1H3. The first kappa shape index (κ1) is 14.8. The van der Waals surface area contributed by atoms with Crippen molar-refractivity contribution in [2.45, 2.75) is 5.16 Å². The van der Waals surface area contributed by atoms with Crippen LogP contribution in [0.5, 0.6) is 0 Å². The molecule has 0 aliphatic heterocycles. The number of rotatable bonds is 4. The summed E-state index contributed by atoms with van der Waals surface area (Å²) in [6.07, 6.45) is 0. The van der Waals surface area contributed by atoms with E-state index in [0.29, 0.717) is 16.5 Å². The highest BCUT2D eigenvalue weighted by Crippen LogP contribution is 2.26. The molecule has 0 saturated heterocycles. The number of para-hydroxylation sites is 1. The van der Waals surface area contributed by atoms with E-state index in [-0.39, 0.29) is 5.78 Å². The normalized spacial score (nSPS) is 11.2. The summed E-state index contributed by atoms with van der Waals surface area (Å²) in [5.41, 5.74) is 3.33. The van der Waals surface area contributed by atoms with Gasteiger partial charge in [0.2, 0.25) is 5.16 Å². The van der Waals surface area contributed by atoms with Crippen molar-refractivity contribution in [2.24, 2.45) is 7.05 Å². The highest BCUT2D eigenvalue weighted by atomic mass is 32.2. The van der Waals surface area contributed by atoms with Crippen molar-refractivity contribution in [2.75, 3.05) is 5.75 Å². The fourth-order valence-electron chi connectivity index (χ4n) is 2.69. The Morgan fingerprint density at radius 1 is 1.04 bits per heavy atom. The smallest absolute Gasteiger partial charge is 0.211 e. The second-order valence-electron chi connectivity index (χ2n) is 5.42. The maximum atomic E-state index is 12.2. The van der Waals surface area contributed by atoms with Gasteiger partial charge in [0.1, 0.15) is 5.52 Å². The van der Waals surface area contributed by atoms with Gasteiger partial charge in [-0.3, -0.25) is 4.79 Å². The van der Waals surface area contributed by atoms with Gasteiger partial charge < -0.3 is 4.57 Å². The van der Waals surface area contributed by atoms with Gasteiger partial charge >= 0.3 is 0 Å². The van der Waals surface area contributed by atoms with E-state index in [0.717, 1.165) is 22.1 Å². The van der Waals surface area contributed by atoms with Crippen LogP contribution in [0.3, 0.4) is 0 Å². The fourth-order valence-corrected chi connectivity index (χ4v) is 3.37. The Labute approximate surface area is 142 Å². The maximum absolute atomic E-state index is 12.2. The number of hydrogen-bond acceptors (Lipinski definition) is 5. The molecule has 2 aromatic heterocycles. The van der Waals surface area contributed by atoms with E-state index < -0.39 is 0 Å². The number of thioether (sulfide) groups is 1. The number of carbonyl (C=O) groups is 1. The largest absolute Gasteiger partial charge is 0.327 e. The van der Waals surface area contributed by atoms with Crippen LogP contribution in [0.15, 0.2) is 59.8 Å². The summed E-state index contributed by atoms with van der Waals surface area (Å²) >= 11 is 1.31. The number of fused-ring (bicyclic) bond motifs is 3. The van der Waals surface area contributed by atoms with Gasteiger partial charge in [0.25, 0.3) is 0 Å².